The van der Waals surface area contributed by atoms with Crippen molar-refractivity contribution in [1.82, 2.24) is 15.6 Å². The Morgan fingerprint density at radius 2 is 1.90 bits per heavy atom. The van der Waals surface area contributed by atoms with Crippen molar-refractivity contribution in [2.24, 2.45) is 0 Å². The number of ether oxygens (including phenoxy) is 1. The average molecular weight is 409 g/mol. The number of carbonyl (C=O) groups excluding carboxylic acids is 2. The van der Waals surface area contributed by atoms with Gasteiger partial charge in [-0.05, 0) is 37.0 Å². The summed E-state index contributed by atoms with van der Waals surface area (Å²) < 4.78 is 42.0. The monoisotopic (exact) mass is 409 g/mol. The molecule has 1 aromatic heterocycles. The first-order valence-corrected chi connectivity index (χ1v) is 8.74. The first kappa shape index (κ1) is 20.6. The molecule has 3 rings (SSSR count). The topological polar surface area (TPSA) is 80.8 Å². The number of benzene rings is 1. The third-order valence-corrected chi connectivity index (χ3v) is 4.02. The molecule has 1 amide bonds. The number of pyridine rings is 1. The Morgan fingerprint density at radius 1 is 1.21 bits per heavy atom. The summed E-state index contributed by atoms with van der Waals surface area (Å²) in [7, 11) is 1.33. The summed E-state index contributed by atoms with van der Waals surface area (Å²) in [4.78, 5) is 33.3. The summed E-state index contributed by atoms with van der Waals surface area (Å²) in [6.07, 6.45) is -1.86. The molecule has 1 fully saturated rings. The third kappa shape index (κ3) is 5.92. The molecule has 1 aromatic carbocycles. The maximum Gasteiger partial charge on any atom is 0.422 e. The van der Waals surface area contributed by atoms with Gasteiger partial charge in [0.25, 0.3) is 5.91 Å². The molecule has 10 heteroatoms. The number of hydrogen-bond acceptors (Lipinski definition) is 6. The van der Waals surface area contributed by atoms with E-state index in [4.69, 9.17) is 9.57 Å². The van der Waals surface area contributed by atoms with E-state index in [0.29, 0.717) is 11.1 Å². The predicted octanol–water partition coefficient (Wildman–Crippen LogP) is 3.25. The summed E-state index contributed by atoms with van der Waals surface area (Å²) in [6.45, 7) is -1.46. The van der Waals surface area contributed by atoms with Crippen LogP contribution in [0, 0.1) is 0 Å². The molecule has 0 unspecified atom stereocenters. The highest BCUT2D eigenvalue weighted by atomic mass is 19.4. The fourth-order valence-electron chi connectivity index (χ4n) is 2.54. The van der Waals surface area contributed by atoms with Gasteiger partial charge in [0.1, 0.15) is 0 Å². The maximum absolute atomic E-state index is 12.4. The molecular formula is C19H18F3N3O4. The molecule has 0 spiro atoms. The molecular weight excluding hydrogens is 391 g/mol. The highest BCUT2D eigenvalue weighted by Gasteiger charge is 2.33. The Morgan fingerprint density at radius 3 is 2.52 bits per heavy atom. The number of rotatable bonds is 7. The van der Waals surface area contributed by atoms with Crippen molar-refractivity contribution in [2.45, 2.75) is 24.9 Å². The van der Waals surface area contributed by atoms with Crippen molar-refractivity contribution >= 4 is 11.9 Å². The van der Waals surface area contributed by atoms with Gasteiger partial charge in [0.05, 0.1) is 5.56 Å². The van der Waals surface area contributed by atoms with E-state index in [2.05, 4.69) is 10.4 Å². The van der Waals surface area contributed by atoms with Gasteiger partial charge in [0, 0.05) is 24.4 Å². The largest absolute Gasteiger partial charge is 0.468 e. The highest BCUT2D eigenvalue weighted by molar-refractivity contribution is 5.94. The van der Waals surface area contributed by atoms with Crippen molar-refractivity contribution in [3.63, 3.8) is 0 Å². The zero-order valence-electron chi connectivity index (χ0n) is 15.4. The highest BCUT2D eigenvalue weighted by Crippen LogP contribution is 2.44. The minimum atomic E-state index is -4.49. The number of hydroxylamine groups is 1. The first-order valence-electron chi connectivity index (χ1n) is 8.74. The van der Waals surface area contributed by atoms with Crippen LogP contribution in [0.5, 0.6) is 5.88 Å². The molecule has 7 nitrogen and oxygen atoms in total. The number of amides is 1. The number of halogens is 3. The van der Waals surface area contributed by atoms with E-state index in [1.165, 1.54) is 13.1 Å². The molecule has 2 aromatic rings. The van der Waals surface area contributed by atoms with E-state index in [1.54, 1.807) is 30.3 Å². The smallest absolute Gasteiger partial charge is 0.422 e. The van der Waals surface area contributed by atoms with Gasteiger partial charge in [-0.25, -0.2) is 9.78 Å². The summed E-state index contributed by atoms with van der Waals surface area (Å²) in [6, 6.07) is 9.73. The summed E-state index contributed by atoms with van der Waals surface area (Å²) in [5, 5.41) is 0.850. The van der Waals surface area contributed by atoms with Gasteiger partial charge in [-0.3, -0.25) is 10.2 Å². The van der Waals surface area contributed by atoms with Crippen LogP contribution in [0.1, 0.15) is 45.0 Å². The first-order chi connectivity index (χ1) is 13.7. The van der Waals surface area contributed by atoms with Gasteiger partial charge in [0.15, 0.2) is 6.61 Å². The van der Waals surface area contributed by atoms with Gasteiger partial charge in [-0.1, -0.05) is 23.4 Å². The van der Waals surface area contributed by atoms with E-state index in [1.807, 2.05) is 0 Å². The number of carbonyl (C=O) groups is 2. The van der Waals surface area contributed by atoms with Crippen LogP contribution in [-0.2, 0) is 4.84 Å². The molecule has 0 aliphatic heterocycles. The van der Waals surface area contributed by atoms with Gasteiger partial charge in [0.2, 0.25) is 5.88 Å². The minimum Gasteiger partial charge on any atom is -0.468 e. The summed E-state index contributed by atoms with van der Waals surface area (Å²) in [5.74, 6) is -1.45. The number of nitrogens with one attached hydrogen (secondary N) is 1. The fraction of sp³-hybridized carbons (Fsp3) is 0.316. The zero-order chi connectivity index (χ0) is 21.0. The van der Waals surface area contributed by atoms with E-state index < -0.39 is 24.7 Å². The Hall–Kier alpha value is -3.14. The van der Waals surface area contributed by atoms with E-state index in [9.17, 15) is 22.8 Å². The number of alkyl halides is 3. The van der Waals surface area contributed by atoms with E-state index in [0.717, 1.165) is 24.2 Å². The molecule has 154 valence electrons. The van der Waals surface area contributed by atoms with Crippen LogP contribution in [0.3, 0.4) is 0 Å². The third-order valence-electron chi connectivity index (χ3n) is 4.02. The standard InChI is InChI=1S/C19H18F3N3O4/c1-25(24-16(26)13-5-3-2-4-6-13)29-18(27)14-9-15(12-7-8-12)17(23-10-14)28-11-19(20,21)22/h2-6,9-10,12H,7-8,11H2,1H3,(H,24,26). The van der Waals surface area contributed by atoms with Crippen LogP contribution in [-0.4, -0.2) is 41.9 Å². The predicted molar refractivity (Wildman–Crippen MR) is 94.8 cm³/mol. The molecule has 1 aliphatic carbocycles. The fourth-order valence-corrected chi connectivity index (χ4v) is 2.54. The quantitative estimate of drug-likeness (QED) is 0.708. The number of nitrogens with zero attached hydrogens (tertiary/aromatic N) is 2. The van der Waals surface area contributed by atoms with Crippen molar-refractivity contribution in [3.8, 4) is 5.88 Å². The van der Waals surface area contributed by atoms with Gasteiger partial charge in [-0.15, -0.1) is 0 Å². The lowest BCUT2D eigenvalue weighted by molar-refractivity contribution is -0.154. The van der Waals surface area contributed by atoms with Crippen molar-refractivity contribution < 1.29 is 32.3 Å². The Bertz CT molecular complexity index is 886. The normalized spacial score (nSPS) is 13.8. The molecule has 0 saturated heterocycles. The second-order valence-electron chi connectivity index (χ2n) is 6.48. The number of aromatic nitrogens is 1. The van der Waals surface area contributed by atoms with Crippen molar-refractivity contribution in [3.05, 3.63) is 59.3 Å². The molecule has 29 heavy (non-hydrogen) atoms. The molecule has 1 heterocycles. The van der Waals surface area contributed by atoms with Crippen LogP contribution in [0.25, 0.3) is 0 Å². The second-order valence-corrected chi connectivity index (χ2v) is 6.48. The Kier molecular flexibility index (Phi) is 6.02. The number of hydrogen-bond donors (Lipinski definition) is 1. The zero-order valence-corrected chi connectivity index (χ0v) is 15.4. The maximum atomic E-state index is 12.4. The SMILES string of the molecule is CN(NC(=O)c1ccccc1)OC(=O)c1cnc(OCC(F)(F)F)c(C2CC2)c1. The van der Waals surface area contributed by atoms with E-state index in [-0.39, 0.29) is 17.4 Å². The summed E-state index contributed by atoms with van der Waals surface area (Å²) in [5.41, 5.74) is 3.21. The van der Waals surface area contributed by atoms with Gasteiger partial charge in [-0.2, -0.15) is 13.2 Å². The molecule has 0 radical (unpaired) electrons. The molecule has 0 atom stereocenters. The molecule has 1 saturated carbocycles. The van der Waals surface area contributed by atoms with Gasteiger partial charge < -0.3 is 9.57 Å². The van der Waals surface area contributed by atoms with Crippen molar-refractivity contribution in [2.75, 3.05) is 13.7 Å². The van der Waals surface area contributed by atoms with Crippen LogP contribution >= 0.6 is 0 Å². The molecule has 1 aliphatic rings. The number of hydrazine groups is 1. The lowest BCUT2D eigenvalue weighted by Gasteiger charge is -2.17. The lowest BCUT2D eigenvalue weighted by atomic mass is 10.1. The van der Waals surface area contributed by atoms with Gasteiger partial charge >= 0.3 is 12.1 Å². The van der Waals surface area contributed by atoms with Crippen molar-refractivity contribution in [1.29, 1.82) is 0 Å². The van der Waals surface area contributed by atoms with Crippen LogP contribution in [0.15, 0.2) is 42.6 Å². The molecule has 1 N–H and O–H groups in total. The Labute approximate surface area is 164 Å². The van der Waals surface area contributed by atoms with E-state index >= 15 is 0 Å². The second kappa shape index (κ2) is 8.48. The van der Waals surface area contributed by atoms with Crippen LogP contribution < -0.4 is 10.2 Å². The molecule has 0 bridgehead atoms. The Balaban J connectivity index is 1.64. The average Bonchev–Trinajstić information content (AvgIpc) is 3.51. The van der Waals surface area contributed by atoms with Crippen LogP contribution in [0.4, 0.5) is 13.2 Å². The summed E-state index contributed by atoms with van der Waals surface area (Å²) >= 11 is 0. The minimum absolute atomic E-state index is 0.00556. The lowest BCUT2D eigenvalue weighted by Crippen LogP contribution is -2.40. The van der Waals surface area contributed by atoms with Crippen LogP contribution in [0.2, 0.25) is 0 Å².